The fraction of sp³-hybridized carbons (Fsp3) is 0.250. The van der Waals surface area contributed by atoms with Gasteiger partial charge in [-0.15, -0.1) is 0 Å². The van der Waals surface area contributed by atoms with Crippen LogP contribution in [0, 0.1) is 0 Å². The van der Waals surface area contributed by atoms with E-state index in [1.54, 1.807) is 29.2 Å². The number of hydrogen-bond acceptors (Lipinski definition) is 4. The maximum atomic E-state index is 12.7. The van der Waals surface area contributed by atoms with Crippen LogP contribution in [0.1, 0.15) is 29.4 Å². The Morgan fingerprint density at radius 2 is 1.93 bits per heavy atom. The number of nitrogens with zero attached hydrogens (tertiary/aromatic N) is 3. The number of carbonyl (C=O) groups is 1. The van der Waals surface area contributed by atoms with Crippen molar-refractivity contribution in [2.24, 2.45) is 0 Å². The monoisotopic (exact) mass is 421 g/mol. The molecule has 150 valence electrons. The Balaban J connectivity index is 1.44. The van der Waals surface area contributed by atoms with Crippen molar-refractivity contribution >= 4 is 17.5 Å². The first-order valence-corrected chi connectivity index (χ1v) is 9.21. The lowest BCUT2D eigenvalue weighted by Gasteiger charge is -2.16. The van der Waals surface area contributed by atoms with Gasteiger partial charge in [-0.25, -0.2) is 0 Å². The van der Waals surface area contributed by atoms with Gasteiger partial charge in [0, 0.05) is 30.1 Å². The normalized spacial score (nSPS) is 17.2. The molecule has 1 aliphatic rings. The number of alkyl halides is 3. The predicted molar refractivity (Wildman–Crippen MR) is 99.0 cm³/mol. The van der Waals surface area contributed by atoms with Crippen molar-refractivity contribution in [3.63, 3.8) is 0 Å². The summed E-state index contributed by atoms with van der Waals surface area (Å²) < 4.78 is 43.4. The minimum absolute atomic E-state index is 0.114. The van der Waals surface area contributed by atoms with Crippen LogP contribution >= 0.6 is 11.6 Å². The summed E-state index contributed by atoms with van der Waals surface area (Å²) in [7, 11) is 0. The molecule has 5 nitrogen and oxygen atoms in total. The van der Waals surface area contributed by atoms with Crippen LogP contribution in [0.25, 0.3) is 11.4 Å². The quantitative estimate of drug-likeness (QED) is 0.599. The van der Waals surface area contributed by atoms with E-state index >= 15 is 0 Å². The molecule has 2 aromatic carbocycles. The number of aromatic nitrogens is 2. The van der Waals surface area contributed by atoms with E-state index in [4.69, 9.17) is 16.1 Å². The molecule has 1 fully saturated rings. The van der Waals surface area contributed by atoms with Gasteiger partial charge in [0.25, 0.3) is 0 Å². The summed E-state index contributed by atoms with van der Waals surface area (Å²) in [5, 5.41) is 4.51. The molecule has 1 amide bonds. The maximum Gasteiger partial charge on any atom is 0.416 e. The standard InChI is InChI=1S/C20H15ClF3N3O2/c21-16-3-1-2-13(8-16)18-25-19(29-26-18)14-9-17(28)27(11-14)10-12-4-6-15(7-5-12)20(22,23)24/h1-8,14H,9-11H2. The molecule has 0 saturated carbocycles. The minimum atomic E-state index is -4.38. The van der Waals surface area contributed by atoms with Crippen molar-refractivity contribution in [3.05, 3.63) is 70.6 Å². The van der Waals surface area contributed by atoms with Gasteiger partial charge in [-0.3, -0.25) is 4.79 Å². The SMILES string of the molecule is O=C1CC(c2nc(-c3cccc(Cl)c3)no2)CN1Cc1ccc(C(F)(F)F)cc1. The van der Waals surface area contributed by atoms with E-state index in [0.29, 0.717) is 34.4 Å². The van der Waals surface area contributed by atoms with E-state index in [-0.39, 0.29) is 24.8 Å². The van der Waals surface area contributed by atoms with Crippen LogP contribution in [0.5, 0.6) is 0 Å². The zero-order valence-corrected chi connectivity index (χ0v) is 15.7. The molecule has 0 N–H and O–H groups in total. The average molecular weight is 422 g/mol. The molecule has 0 radical (unpaired) electrons. The summed E-state index contributed by atoms with van der Waals surface area (Å²) in [6, 6.07) is 11.8. The minimum Gasteiger partial charge on any atom is -0.339 e. The molecule has 1 aromatic heterocycles. The number of hydrogen-bond donors (Lipinski definition) is 0. The van der Waals surface area contributed by atoms with Crippen LogP contribution in [-0.2, 0) is 17.5 Å². The fourth-order valence-electron chi connectivity index (χ4n) is 3.26. The molecule has 1 unspecified atom stereocenters. The van der Waals surface area contributed by atoms with Gasteiger partial charge in [-0.2, -0.15) is 18.2 Å². The second-order valence-electron chi connectivity index (χ2n) is 6.84. The Hall–Kier alpha value is -2.87. The third-order valence-electron chi connectivity index (χ3n) is 4.74. The smallest absolute Gasteiger partial charge is 0.339 e. The van der Waals surface area contributed by atoms with Crippen LogP contribution < -0.4 is 0 Å². The van der Waals surface area contributed by atoms with Crippen LogP contribution in [-0.4, -0.2) is 27.5 Å². The topological polar surface area (TPSA) is 59.2 Å². The highest BCUT2D eigenvalue weighted by molar-refractivity contribution is 6.30. The van der Waals surface area contributed by atoms with Gasteiger partial charge in [-0.1, -0.05) is 41.0 Å². The number of rotatable bonds is 4. The van der Waals surface area contributed by atoms with Crippen LogP contribution in [0.2, 0.25) is 5.02 Å². The molecular formula is C20H15ClF3N3O2. The van der Waals surface area contributed by atoms with Crippen molar-refractivity contribution in [2.75, 3.05) is 6.54 Å². The lowest BCUT2D eigenvalue weighted by atomic mass is 10.1. The van der Waals surface area contributed by atoms with Gasteiger partial charge < -0.3 is 9.42 Å². The molecule has 0 aliphatic carbocycles. The number of benzene rings is 2. The Labute approximate surface area is 169 Å². The summed E-state index contributed by atoms with van der Waals surface area (Å²) in [5.74, 6) is 0.356. The van der Waals surface area contributed by atoms with E-state index < -0.39 is 11.7 Å². The number of amides is 1. The molecule has 0 bridgehead atoms. The van der Waals surface area contributed by atoms with E-state index in [9.17, 15) is 18.0 Å². The zero-order valence-electron chi connectivity index (χ0n) is 15.0. The molecule has 0 spiro atoms. The Kier molecular flexibility index (Phi) is 5.04. The first-order chi connectivity index (χ1) is 13.8. The Morgan fingerprint density at radius 3 is 2.62 bits per heavy atom. The molecule has 29 heavy (non-hydrogen) atoms. The van der Waals surface area contributed by atoms with E-state index in [2.05, 4.69) is 10.1 Å². The van der Waals surface area contributed by atoms with Gasteiger partial charge >= 0.3 is 6.18 Å². The van der Waals surface area contributed by atoms with Gasteiger partial charge in [0.15, 0.2) is 0 Å². The van der Waals surface area contributed by atoms with E-state index in [0.717, 1.165) is 12.1 Å². The molecular weight excluding hydrogens is 407 g/mol. The number of likely N-dealkylation sites (tertiary alicyclic amines) is 1. The summed E-state index contributed by atoms with van der Waals surface area (Å²) >= 11 is 5.98. The van der Waals surface area contributed by atoms with Gasteiger partial charge in [-0.05, 0) is 29.8 Å². The predicted octanol–water partition coefficient (Wildman–Crippen LogP) is 4.92. The van der Waals surface area contributed by atoms with Crippen molar-refractivity contribution in [1.82, 2.24) is 15.0 Å². The fourth-order valence-corrected chi connectivity index (χ4v) is 3.45. The molecule has 3 aromatic rings. The highest BCUT2D eigenvalue weighted by atomic mass is 35.5. The first kappa shape index (κ1) is 19.4. The van der Waals surface area contributed by atoms with Gasteiger partial charge in [0.05, 0.1) is 11.5 Å². The molecule has 1 saturated heterocycles. The third kappa shape index (κ3) is 4.27. The van der Waals surface area contributed by atoms with Crippen LogP contribution in [0.3, 0.4) is 0 Å². The molecule has 4 rings (SSSR count). The third-order valence-corrected chi connectivity index (χ3v) is 4.98. The highest BCUT2D eigenvalue weighted by Crippen LogP contribution is 2.32. The molecule has 1 atom stereocenters. The van der Waals surface area contributed by atoms with Crippen molar-refractivity contribution in [2.45, 2.75) is 25.1 Å². The zero-order chi connectivity index (χ0) is 20.6. The lowest BCUT2D eigenvalue weighted by Crippen LogP contribution is -2.24. The highest BCUT2D eigenvalue weighted by Gasteiger charge is 2.35. The summed E-state index contributed by atoms with van der Waals surface area (Å²) in [4.78, 5) is 18.3. The van der Waals surface area contributed by atoms with Gasteiger partial charge in [0.1, 0.15) is 0 Å². The second-order valence-corrected chi connectivity index (χ2v) is 7.27. The lowest BCUT2D eigenvalue weighted by molar-refractivity contribution is -0.137. The van der Waals surface area contributed by atoms with E-state index in [1.807, 2.05) is 0 Å². The van der Waals surface area contributed by atoms with Crippen LogP contribution in [0.15, 0.2) is 53.1 Å². The van der Waals surface area contributed by atoms with E-state index in [1.165, 1.54) is 12.1 Å². The van der Waals surface area contributed by atoms with Crippen LogP contribution in [0.4, 0.5) is 13.2 Å². The first-order valence-electron chi connectivity index (χ1n) is 8.83. The number of carbonyl (C=O) groups excluding carboxylic acids is 1. The summed E-state index contributed by atoms with van der Waals surface area (Å²) in [6.45, 7) is 0.583. The largest absolute Gasteiger partial charge is 0.416 e. The van der Waals surface area contributed by atoms with Gasteiger partial charge in [0.2, 0.25) is 17.6 Å². The Morgan fingerprint density at radius 1 is 1.17 bits per heavy atom. The Bertz CT molecular complexity index is 1030. The maximum absolute atomic E-state index is 12.7. The second kappa shape index (κ2) is 7.51. The molecule has 2 heterocycles. The summed E-state index contributed by atoms with van der Waals surface area (Å²) in [5.41, 5.74) is 0.613. The summed E-state index contributed by atoms with van der Waals surface area (Å²) in [6.07, 6.45) is -4.18. The van der Waals surface area contributed by atoms with Crippen molar-refractivity contribution in [3.8, 4) is 11.4 Å². The van der Waals surface area contributed by atoms with Crippen molar-refractivity contribution < 1.29 is 22.5 Å². The molecule has 1 aliphatic heterocycles. The van der Waals surface area contributed by atoms with Crippen molar-refractivity contribution in [1.29, 1.82) is 0 Å². The average Bonchev–Trinajstić information content (AvgIpc) is 3.29. The molecule has 9 heteroatoms. The number of halogens is 4.